The van der Waals surface area contributed by atoms with Gasteiger partial charge in [0.05, 0.1) is 18.5 Å². The Labute approximate surface area is 121 Å². The molecule has 114 valence electrons. The van der Waals surface area contributed by atoms with E-state index in [-0.39, 0.29) is 0 Å². The smallest absolute Gasteiger partial charge is 0.433 e. The van der Waals surface area contributed by atoms with E-state index in [9.17, 15) is 13.2 Å². The summed E-state index contributed by atoms with van der Waals surface area (Å²) in [5.74, 6) is 0.589. The molecule has 21 heavy (non-hydrogen) atoms. The molecule has 3 nitrogen and oxygen atoms in total. The summed E-state index contributed by atoms with van der Waals surface area (Å²) >= 11 is 0. The van der Waals surface area contributed by atoms with E-state index in [1.165, 1.54) is 7.11 Å². The molecule has 0 atom stereocenters. The fourth-order valence-corrected chi connectivity index (χ4v) is 2.03. The Morgan fingerprint density at radius 3 is 2.38 bits per heavy atom. The summed E-state index contributed by atoms with van der Waals surface area (Å²) in [4.78, 5) is 0. The molecule has 0 spiro atoms. The third-order valence-electron chi connectivity index (χ3n) is 3.15. The van der Waals surface area contributed by atoms with Crippen molar-refractivity contribution < 1.29 is 17.9 Å². The van der Waals surface area contributed by atoms with Crippen LogP contribution in [0.2, 0.25) is 0 Å². The molecule has 0 fully saturated rings. The molecule has 0 amide bonds. The maximum Gasteiger partial charge on any atom is 0.433 e. The number of unbranched alkanes of at least 4 members (excludes halogenated alkanes) is 1. The van der Waals surface area contributed by atoms with Crippen LogP contribution >= 0.6 is 0 Å². The van der Waals surface area contributed by atoms with Gasteiger partial charge in [0.1, 0.15) is 11.4 Å². The van der Waals surface area contributed by atoms with Crippen molar-refractivity contribution in [1.82, 2.24) is 9.78 Å². The van der Waals surface area contributed by atoms with E-state index in [0.29, 0.717) is 23.6 Å². The van der Waals surface area contributed by atoms with Gasteiger partial charge in [0.25, 0.3) is 0 Å². The molecule has 0 saturated carbocycles. The number of aryl methyl sites for hydroxylation is 1. The largest absolute Gasteiger partial charge is 0.497 e. The van der Waals surface area contributed by atoms with Crippen LogP contribution in [0.4, 0.5) is 13.2 Å². The second-order valence-corrected chi connectivity index (χ2v) is 4.73. The first-order valence-electron chi connectivity index (χ1n) is 6.76. The Bertz CT molecular complexity index is 588. The van der Waals surface area contributed by atoms with E-state index in [1.807, 2.05) is 6.92 Å². The summed E-state index contributed by atoms with van der Waals surface area (Å²) < 4.78 is 45.3. The molecule has 0 saturated heterocycles. The van der Waals surface area contributed by atoms with Crippen molar-refractivity contribution in [1.29, 1.82) is 0 Å². The molecule has 2 aromatic rings. The summed E-state index contributed by atoms with van der Waals surface area (Å²) in [5.41, 5.74) is 0.0737. The van der Waals surface area contributed by atoms with Crippen LogP contribution in [0.1, 0.15) is 31.2 Å². The number of halogens is 3. The van der Waals surface area contributed by atoms with Crippen LogP contribution in [0.25, 0.3) is 5.69 Å². The van der Waals surface area contributed by atoms with E-state index < -0.39 is 11.9 Å². The number of aromatic nitrogens is 2. The third-order valence-corrected chi connectivity index (χ3v) is 3.15. The van der Waals surface area contributed by atoms with Gasteiger partial charge in [-0.05, 0) is 43.2 Å². The Kier molecular flexibility index (Phi) is 4.55. The summed E-state index contributed by atoms with van der Waals surface area (Å²) in [6.07, 6.45) is -2.16. The molecular formula is C15H17F3N2O. The van der Waals surface area contributed by atoms with Gasteiger partial charge in [0, 0.05) is 0 Å². The first kappa shape index (κ1) is 15.4. The van der Waals surface area contributed by atoms with Crippen LogP contribution in [0, 0.1) is 0 Å². The van der Waals surface area contributed by atoms with Gasteiger partial charge in [-0.1, -0.05) is 13.3 Å². The molecular weight excluding hydrogens is 281 g/mol. The molecule has 1 heterocycles. The Morgan fingerprint density at radius 2 is 1.86 bits per heavy atom. The van der Waals surface area contributed by atoms with Gasteiger partial charge in [-0.15, -0.1) is 0 Å². The Hall–Kier alpha value is -1.98. The standard InChI is InChI=1S/C15H17F3N2O/c1-3-4-5-11-10-14(15(16,17)18)20(19-11)12-6-8-13(21-2)9-7-12/h6-10H,3-5H2,1-2H3. The number of methoxy groups -OCH3 is 1. The van der Waals surface area contributed by atoms with Crippen LogP contribution in [0.5, 0.6) is 5.75 Å². The lowest BCUT2D eigenvalue weighted by Crippen LogP contribution is -2.13. The van der Waals surface area contributed by atoms with Gasteiger partial charge < -0.3 is 4.74 Å². The molecule has 0 N–H and O–H groups in total. The molecule has 6 heteroatoms. The molecule has 2 rings (SSSR count). The van der Waals surface area contributed by atoms with Gasteiger partial charge >= 0.3 is 6.18 Å². The normalized spacial score (nSPS) is 11.7. The minimum atomic E-state index is -4.43. The van der Waals surface area contributed by atoms with Crippen molar-refractivity contribution in [2.75, 3.05) is 7.11 Å². The average molecular weight is 298 g/mol. The highest BCUT2D eigenvalue weighted by Gasteiger charge is 2.36. The highest BCUT2D eigenvalue weighted by atomic mass is 19.4. The maximum absolute atomic E-state index is 13.1. The number of hydrogen-bond donors (Lipinski definition) is 0. The third kappa shape index (κ3) is 3.56. The summed E-state index contributed by atoms with van der Waals surface area (Å²) in [5, 5.41) is 4.10. The summed E-state index contributed by atoms with van der Waals surface area (Å²) in [6, 6.07) is 7.47. The topological polar surface area (TPSA) is 27.1 Å². The SMILES string of the molecule is CCCCc1cc(C(F)(F)F)n(-c2ccc(OC)cc2)n1. The van der Waals surface area contributed by atoms with Gasteiger partial charge in [-0.2, -0.15) is 18.3 Å². The van der Waals surface area contributed by atoms with Crippen molar-refractivity contribution in [3.05, 3.63) is 41.7 Å². The van der Waals surface area contributed by atoms with Crippen molar-refractivity contribution in [2.24, 2.45) is 0 Å². The molecule has 0 aliphatic heterocycles. The van der Waals surface area contributed by atoms with Crippen LogP contribution in [0.15, 0.2) is 30.3 Å². The highest BCUT2D eigenvalue weighted by Crippen LogP contribution is 2.32. The number of alkyl halides is 3. The lowest BCUT2D eigenvalue weighted by atomic mass is 10.2. The first-order chi connectivity index (χ1) is 9.95. The Morgan fingerprint density at radius 1 is 1.19 bits per heavy atom. The van der Waals surface area contributed by atoms with E-state index >= 15 is 0 Å². The van der Waals surface area contributed by atoms with Gasteiger partial charge in [0.2, 0.25) is 0 Å². The molecule has 0 radical (unpaired) electrons. The number of ether oxygens (including phenoxy) is 1. The fourth-order valence-electron chi connectivity index (χ4n) is 2.03. The predicted octanol–water partition coefficient (Wildman–Crippen LogP) is 4.24. The van der Waals surface area contributed by atoms with Crippen molar-refractivity contribution in [2.45, 2.75) is 32.4 Å². The van der Waals surface area contributed by atoms with Crippen LogP contribution in [-0.4, -0.2) is 16.9 Å². The minimum absolute atomic E-state index is 0.367. The number of benzene rings is 1. The van der Waals surface area contributed by atoms with Crippen molar-refractivity contribution in [3.63, 3.8) is 0 Å². The fraction of sp³-hybridized carbons (Fsp3) is 0.400. The monoisotopic (exact) mass is 298 g/mol. The lowest BCUT2D eigenvalue weighted by molar-refractivity contribution is -0.142. The zero-order valence-corrected chi connectivity index (χ0v) is 11.9. The second-order valence-electron chi connectivity index (χ2n) is 4.73. The van der Waals surface area contributed by atoms with E-state index in [1.54, 1.807) is 24.3 Å². The van der Waals surface area contributed by atoms with Crippen LogP contribution < -0.4 is 4.74 Å². The molecule has 0 aliphatic carbocycles. The minimum Gasteiger partial charge on any atom is -0.497 e. The molecule has 1 aromatic carbocycles. The second kappa shape index (κ2) is 6.20. The number of nitrogens with zero attached hydrogens (tertiary/aromatic N) is 2. The molecule has 0 bridgehead atoms. The molecule has 0 unspecified atom stereocenters. The van der Waals surface area contributed by atoms with Gasteiger partial charge in [0.15, 0.2) is 0 Å². The van der Waals surface area contributed by atoms with Crippen LogP contribution in [0.3, 0.4) is 0 Å². The number of hydrogen-bond acceptors (Lipinski definition) is 2. The van der Waals surface area contributed by atoms with Crippen LogP contribution in [-0.2, 0) is 12.6 Å². The number of rotatable bonds is 5. The highest BCUT2D eigenvalue weighted by molar-refractivity contribution is 5.39. The van der Waals surface area contributed by atoms with E-state index in [0.717, 1.165) is 23.6 Å². The predicted molar refractivity (Wildman–Crippen MR) is 73.7 cm³/mol. The zero-order valence-electron chi connectivity index (χ0n) is 11.9. The quantitative estimate of drug-likeness (QED) is 0.825. The van der Waals surface area contributed by atoms with Gasteiger partial charge in [-0.3, -0.25) is 0 Å². The van der Waals surface area contributed by atoms with Crippen molar-refractivity contribution >= 4 is 0 Å². The van der Waals surface area contributed by atoms with E-state index in [4.69, 9.17) is 4.74 Å². The maximum atomic E-state index is 13.1. The van der Waals surface area contributed by atoms with E-state index in [2.05, 4.69) is 5.10 Å². The summed E-state index contributed by atoms with van der Waals surface area (Å²) in [6.45, 7) is 1.99. The lowest BCUT2D eigenvalue weighted by Gasteiger charge is -2.10. The molecule has 0 aliphatic rings. The van der Waals surface area contributed by atoms with Gasteiger partial charge in [-0.25, -0.2) is 4.68 Å². The zero-order chi connectivity index (χ0) is 15.5. The average Bonchev–Trinajstić information content (AvgIpc) is 2.89. The Balaban J connectivity index is 2.41. The summed E-state index contributed by atoms with van der Waals surface area (Å²) in [7, 11) is 1.51. The molecule has 1 aromatic heterocycles. The first-order valence-corrected chi connectivity index (χ1v) is 6.76. The van der Waals surface area contributed by atoms with Crippen molar-refractivity contribution in [3.8, 4) is 11.4 Å².